The Kier molecular flexibility index (Phi) is 8.79. The van der Waals surface area contributed by atoms with Crippen molar-refractivity contribution in [3.05, 3.63) is 88.1 Å². The van der Waals surface area contributed by atoms with E-state index in [4.69, 9.17) is 16.3 Å². The molecule has 2 heterocycles. The first-order chi connectivity index (χ1) is 18.7. The number of imide groups is 1. The van der Waals surface area contributed by atoms with Crippen LogP contribution in [0.2, 0.25) is 5.02 Å². The van der Waals surface area contributed by atoms with Gasteiger partial charge in [0, 0.05) is 17.7 Å². The number of carbonyl (C=O) groups excluding carboxylic acids is 4. The highest BCUT2D eigenvalue weighted by Crippen LogP contribution is 2.35. The minimum atomic E-state index is -0.731. The van der Waals surface area contributed by atoms with E-state index in [1.807, 2.05) is 0 Å². The van der Waals surface area contributed by atoms with Crippen molar-refractivity contribution in [2.45, 2.75) is 37.0 Å². The number of halogens is 1. The quantitative estimate of drug-likeness (QED) is 0.197. The van der Waals surface area contributed by atoms with E-state index in [1.54, 1.807) is 36.4 Å². The first-order valence-electron chi connectivity index (χ1n) is 12.2. The van der Waals surface area contributed by atoms with Crippen LogP contribution < -0.4 is 4.90 Å². The Morgan fingerprint density at radius 1 is 1.13 bits per heavy atom. The summed E-state index contributed by atoms with van der Waals surface area (Å²) in [6.07, 6.45) is 0.685. The fraction of sp³-hybridized carbons (Fsp3) is 0.241. The monoisotopic (exact) mass is 561 g/mol. The number of esters is 1. The minimum Gasteiger partial charge on any atom is -0.454 e. The van der Waals surface area contributed by atoms with Crippen LogP contribution in [-0.2, 0) is 20.7 Å². The number of amides is 2. The van der Waals surface area contributed by atoms with E-state index in [0.29, 0.717) is 22.2 Å². The number of ether oxygens (including phenoxy) is 1. The van der Waals surface area contributed by atoms with Crippen molar-refractivity contribution >= 4 is 52.6 Å². The normalized spacial score (nSPS) is 14.9. The van der Waals surface area contributed by atoms with Crippen LogP contribution in [0.1, 0.15) is 52.2 Å². The number of hydrogen-bond donors (Lipinski definition) is 0. The number of ketones is 1. The van der Waals surface area contributed by atoms with Gasteiger partial charge in [-0.3, -0.25) is 14.4 Å². The summed E-state index contributed by atoms with van der Waals surface area (Å²) in [5.74, 6) is -1.62. The summed E-state index contributed by atoms with van der Waals surface area (Å²) in [5.41, 5.74) is 1.88. The lowest BCUT2D eigenvalue weighted by atomic mass is 10.1. The molecule has 2 amide bonds. The molecule has 1 aliphatic heterocycles. The van der Waals surface area contributed by atoms with Crippen molar-refractivity contribution in [3.63, 3.8) is 0 Å². The zero-order valence-electron chi connectivity index (χ0n) is 21.2. The maximum Gasteiger partial charge on any atom is 0.338 e. The van der Waals surface area contributed by atoms with E-state index in [0.717, 1.165) is 28.8 Å². The van der Waals surface area contributed by atoms with Gasteiger partial charge in [0.25, 0.3) is 0 Å². The molecule has 0 saturated carbocycles. The number of carbonyl (C=O) groups is 4. The van der Waals surface area contributed by atoms with E-state index in [2.05, 4.69) is 24.9 Å². The molecular weight excluding hydrogens is 538 g/mol. The lowest BCUT2D eigenvalue weighted by Gasteiger charge is -2.15. The summed E-state index contributed by atoms with van der Waals surface area (Å²) in [6, 6.07) is 17.8. The second-order valence-corrected chi connectivity index (χ2v) is 10.9. The average molecular weight is 562 g/mol. The zero-order chi connectivity index (χ0) is 28.1. The molecule has 0 spiro atoms. The standard InChI is InChI=1S/C29H24ClN3O5S/c1-17(2)13-20-10-7-19(15-31)27(32-20)39-25-14-26(35)33(28(25)36)21-11-8-18(9-12-21)29(37)38-16-24(34)22-5-3-4-6-23(22)30/h3-12,17,25H,13-14,16H2,1-2H3. The van der Waals surface area contributed by atoms with Gasteiger partial charge in [-0.1, -0.05) is 49.3 Å². The van der Waals surface area contributed by atoms with Crippen LogP contribution >= 0.6 is 23.4 Å². The number of thioether (sulfide) groups is 1. The number of pyridine rings is 1. The molecule has 198 valence electrons. The van der Waals surface area contributed by atoms with Crippen molar-refractivity contribution in [1.29, 1.82) is 5.26 Å². The van der Waals surface area contributed by atoms with Gasteiger partial charge in [0.15, 0.2) is 6.61 Å². The largest absolute Gasteiger partial charge is 0.454 e. The topological polar surface area (TPSA) is 117 Å². The summed E-state index contributed by atoms with van der Waals surface area (Å²) in [7, 11) is 0. The second-order valence-electron chi connectivity index (χ2n) is 9.27. The lowest BCUT2D eigenvalue weighted by molar-refractivity contribution is -0.121. The molecular formula is C29H24ClN3O5S. The second kappa shape index (κ2) is 12.2. The summed E-state index contributed by atoms with van der Waals surface area (Å²) in [4.78, 5) is 56.3. The average Bonchev–Trinajstić information content (AvgIpc) is 3.19. The molecule has 0 aliphatic carbocycles. The van der Waals surface area contributed by atoms with Gasteiger partial charge in [-0.05, 0) is 60.9 Å². The van der Waals surface area contributed by atoms with Gasteiger partial charge in [-0.2, -0.15) is 5.26 Å². The molecule has 2 aromatic carbocycles. The molecule has 0 radical (unpaired) electrons. The smallest absolute Gasteiger partial charge is 0.338 e. The number of rotatable bonds is 9. The number of aromatic nitrogens is 1. The van der Waals surface area contributed by atoms with Gasteiger partial charge in [0.05, 0.1) is 27.1 Å². The summed E-state index contributed by atoms with van der Waals surface area (Å²) >= 11 is 7.12. The van der Waals surface area contributed by atoms with Gasteiger partial charge in [-0.15, -0.1) is 0 Å². The zero-order valence-corrected chi connectivity index (χ0v) is 22.8. The predicted octanol–water partition coefficient (Wildman–Crippen LogP) is 5.27. The Morgan fingerprint density at radius 3 is 2.51 bits per heavy atom. The molecule has 3 aromatic rings. The molecule has 0 bridgehead atoms. The Bertz CT molecular complexity index is 1480. The number of nitrogens with zero attached hydrogens (tertiary/aromatic N) is 3. The third-order valence-electron chi connectivity index (χ3n) is 5.88. The third kappa shape index (κ3) is 6.53. The SMILES string of the molecule is CC(C)Cc1ccc(C#N)c(SC2CC(=O)N(c3ccc(C(=O)OCC(=O)c4ccccc4Cl)cc3)C2=O)n1. The molecule has 1 atom stereocenters. The molecule has 1 unspecified atom stereocenters. The van der Waals surface area contributed by atoms with E-state index >= 15 is 0 Å². The number of Topliss-reactive ketones (excluding diaryl/α,β-unsaturated/α-hetero) is 1. The lowest BCUT2D eigenvalue weighted by Crippen LogP contribution is -2.31. The fourth-order valence-corrected chi connectivity index (χ4v) is 5.37. The van der Waals surface area contributed by atoms with E-state index in [-0.39, 0.29) is 22.6 Å². The molecule has 1 fully saturated rings. The highest BCUT2D eigenvalue weighted by Gasteiger charge is 2.40. The van der Waals surface area contributed by atoms with Crippen LogP contribution in [0, 0.1) is 17.2 Å². The van der Waals surface area contributed by atoms with E-state index < -0.39 is 35.4 Å². The van der Waals surface area contributed by atoms with Crippen LogP contribution in [0.4, 0.5) is 5.69 Å². The summed E-state index contributed by atoms with van der Waals surface area (Å²) in [5, 5.41) is 9.45. The molecule has 8 nitrogen and oxygen atoms in total. The molecule has 1 aromatic heterocycles. The van der Waals surface area contributed by atoms with Gasteiger partial charge in [0.1, 0.15) is 11.1 Å². The van der Waals surface area contributed by atoms with Crippen molar-refractivity contribution in [3.8, 4) is 6.07 Å². The van der Waals surface area contributed by atoms with Crippen LogP contribution in [-0.4, -0.2) is 40.4 Å². The molecule has 10 heteroatoms. The van der Waals surface area contributed by atoms with E-state index in [9.17, 15) is 24.4 Å². The number of benzene rings is 2. The van der Waals surface area contributed by atoms with Crippen molar-refractivity contribution in [2.75, 3.05) is 11.5 Å². The van der Waals surface area contributed by atoms with Crippen molar-refractivity contribution in [1.82, 2.24) is 4.98 Å². The number of nitriles is 1. The molecule has 1 aliphatic rings. The van der Waals surface area contributed by atoms with Crippen molar-refractivity contribution in [2.24, 2.45) is 5.92 Å². The Labute approximate surface area is 234 Å². The van der Waals surface area contributed by atoms with Crippen LogP contribution in [0.3, 0.4) is 0 Å². The predicted molar refractivity (Wildman–Crippen MR) is 147 cm³/mol. The maximum atomic E-state index is 13.2. The Hall–Kier alpha value is -4.00. The molecule has 0 N–H and O–H groups in total. The van der Waals surface area contributed by atoms with Gasteiger partial charge in [0.2, 0.25) is 17.6 Å². The van der Waals surface area contributed by atoms with Crippen LogP contribution in [0.5, 0.6) is 0 Å². The maximum absolute atomic E-state index is 13.2. The van der Waals surface area contributed by atoms with Crippen LogP contribution in [0.25, 0.3) is 0 Å². The molecule has 1 saturated heterocycles. The highest BCUT2D eigenvalue weighted by atomic mass is 35.5. The Balaban J connectivity index is 1.42. The first kappa shape index (κ1) is 28.0. The van der Waals surface area contributed by atoms with Gasteiger partial charge in [-0.25, -0.2) is 14.7 Å². The van der Waals surface area contributed by atoms with Gasteiger partial charge < -0.3 is 4.74 Å². The summed E-state index contributed by atoms with van der Waals surface area (Å²) < 4.78 is 5.11. The van der Waals surface area contributed by atoms with E-state index in [1.165, 1.54) is 24.3 Å². The first-order valence-corrected chi connectivity index (χ1v) is 13.4. The number of anilines is 1. The Morgan fingerprint density at radius 2 is 1.85 bits per heavy atom. The number of hydrogen-bond acceptors (Lipinski definition) is 8. The van der Waals surface area contributed by atoms with Crippen LogP contribution in [0.15, 0.2) is 65.7 Å². The highest BCUT2D eigenvalue weighted by molar-refractivity contribution is 8.00. The van der Waals surface area contributed by atoms with Crippen molar-refractivity contribution < 1.29 is 23.9 Å². The molecule has 4 rings (SSSR count). The fourth-order valence-electron chi connectivity index (χ4n) is 4.01. The van der Waals surface area contributed by atoms with Gasteiger partial charge >= 0.3 is 5.97 Å². The third-order valence-corrected chi connectivity index (χ3v) is 7.40. The summed E-state index contributed by atoms with van der Waals surface area (Å²) in [6.45, 7) is 3.65. The molecule has 39 heavy (non-hydrogen) atoms. The minimum absolute atomic E-state index is 0.0432.